The lowest BCUT2D eigenvalue weighted by molar-refractivity contribution is -0.142. The predicted octanol–water partition coefficient (Wildman–Crippen LogP) is 2.09. The van der Waals surface area contributed by atoms with Crippen molar-refractivity contribution in [2.45, 2.75) is 30.6 Å². The Morgan fingerprint density at radius 1 is 1.31 bits per heavy atom. The number of sulfonamides is 1. The molecule has 2 aromatic rings. The van der Waals surface area contributed by atoms with E-state index in [1.165, 1.54) is 12.1 Å². The largest absolute Gasteiger partial charge is 0.435 e. The molecule has 1 aliphatic heterocycles. The Hall–Kier alpha value is -1.98. The molecule has 0 atom stereocenters. The smallest absolute Gasteiger partial charge is 0.376 e. The van der Waals surface area contributed by atoms with Crippen LogP contribution in [0.2, 0.25) is 0 Å². The second-order valence-corrected chi connectivity index (χ2v) is 7.42. The summed E-state index contributed by atoms with van der Waals surface area (Å²) in [6, 6.07) is 4.44. The number of alkyl halides is 3. The highest BCUT2D eigenvalue weighted by Crippen LogP contribution is 2.34. The highest BCUT2D eigenvalue weighted by molar-refractivity contribution is 7.89. The van der Waals surface area contributed by atoms with Crippen LogP contribution in [0.1, 0.15) is 17.0 Å². The Morgan fingerprint density at radius 2 is 2.08 bits per heavy atom. The molecule has 3 rings (SSSR count). The monoisotopic (exact) mass is 393 g/mol. The van der Waals surface area contributed by atoms with Crippen LogP contribution >= 0.6 is 0 Å². The lowest BCUT2D eigenvalue weighted by Gasteiger charge is -2.15. The third-order valence-corrected chi connectivity index (χ3v) is 5.35. The zero-order chi connectivity index (χ0) is 18.9. The van der Waals surface area contributed by atoms with Crippen LogP contribution in [0, 0.1) is 5.82 Å². The summed E-state index contributed by atoms with van der Waals surface area (Å²) in [6.07, 6.45) is -4.35. The molecule has 0 unspecified atom stereocenters. The zero-order valence-corrected chi connectivity index (χ0v) is 14.2. The molecule has 142 valence electrons. The first-order chi connectivity index (χ1) is 12.2. The molecule has 11 heteroatoms. The number of ether oxygens (including phenoxy) is 1. The molecule has 1 aromatic heterocycles. The Labute approximate surface area is 146 Å². The second kappa shape index (κ2) is 6.97. The van der Waals surface area contributed by atoms with Gasteiger partial charge in [-0.2, -0.15) is 18.3 Å². The number of nitrogens with one attached hydrogen (secondary N) is 1. The second-order valence-electron chi connectivity index (χ2n) is 5.65. The van der Waals surface area contributed by atoms with Crippen LogP contribution < -0.4 is 4.72 Å². The maximum Gasteiger partial charge on any atom is 0.435 e. The summed E-state index contributed by atoms with van der Waals surface area (Å²) in [6.45, 7) is -0.192. The van der Waals surface area contributed by atoms with Crippen molar-refractivity contribution in [2.75, 3.05) is 13.2 Å². The summed E-state index contributed by atoms with van der Waals surface area (Å²) >= 11 is 0. The first kappa shape index (κ1) is 18.8. The van der Waals surface area contributed by atoms with Crippen molar-refractivity contribution in [1.29, 1.82) is 0 Å². The molecule has 0 spiro atoms. The van der Waals surface area contributed by atoms with Gasteiger partial charge in [-0.15, -0.1) is 0 Å². The topological polar surface area (TPSA) is 73.2 Å². The van der Waals surface area contributed by atoms with Gasteiger partial charge >= 0.3 is 6.18 Å². The van der Waals surface area contributed by atoms with Crippen molar-refractivity contribution >= 4 is 10.0 Å². The summed E-state index contributed by atoms with van der Waals surface area (Å²) in [5.74, 6) is -0.705. The van der Waals surface area contributed by atoms with Gasteiger partial charge in [-0.3, -0.25) is 4.68 Å². The fraction of sp³-hybridized carbons (Fsp3) is 0.400. The van der Waals surface area contributed by atoms with Crippen LogP contribution in [0.25, 0.3) is 0 Å². The molecule has 0 aliphatic carbocycles. The Balaban J connectivity index is 1.75. The van der Waals surface area contributed by atoms with Gasteiger partial charge in [0, 0.05) is 24.2 Å². The van der Waals surface area contributed by atoms with E-state index in [1.807, 2.05) is 0 Å². The fourth-order valence-corrected chi connectivity index (χ4v) is 3.78. The van der Waals surface area contributed by atoms with E-state index >= 15 is 0 Å². The fourth-order valence-electron chi connectivity index (χ4n) is 2.72. The number of fused-ring (bicyclic) bond motifs is 1. The van der Waals surface area contributed by atoms with Crippen molar-refractivity contribution in [1.82, 2.24) is 14.5 Å². The first-order valence-corrected chi connectivity index (χ1v) is 9.15. The lowest BCUT2D eigenvalue weighted by Crippen LogP contribution is -2.28. The third kappa shape index (κ3) is 3.89. The number of benzene rings is 1. The van der Waals surface area contributed by atoms with E-state index in [2.05, 4.69) is 9.82 Å². The predicted molar refractivity (Wildman–Crippen MR) is 82.2 cm³/mol. The van der Waals surface area contributed by atoms with Crippen LogP contribution in [0.3, 0.4) is 0 Å². The maximum absolute atomic E-state index is 13.2. The normalized spacial score (nSPS) is 15.1. The van der Waals surface area contributed by atoms with Gasteiger partial charge in [0.05, 0.1) is 24.7 Å². The molecular formula is C15H15F4N3O3S. The van der Waals surface area contributed by atoms with E-state index in [1.54, 1.807) is 0 Å². The quantitative estimate of drug-likeness (QED) is 0.790. The van der Waals surface area contributed by atoms with E-state index in [4.69, 9.17) is 4.74 Å². The molecule has 0 bridgehead atoms. The number of aromatic nitrogens is 2. The molecule has 0 fully saturated rings. The van der Waals surface area contributed by atoms with E-state index < -0.39 is 27.7 Å². The Morgan fingerprint density at radius 3 is 2.77 bits per heavy atom. The van der Waals surface area contributed by atoms with Gasteiger partial charge in [0.1, 0.15) is 5.82 Å². The van der Waals surface area contributed by atoms with Crippen LogP contribution in [0.4, 0.5) is 17.6 Å². The van der Waals surface area contributed by atoms with Crippen LogP contribution in [0.15, 0.2) is 29.2 Å². The molecule has 1 N–H and O–H groups in total. The highest BCUT2D eigenvalue weighted by Gasteiger charge is 2.39. The van der Waals surface area contributed by atoms with Gasteiger partial charge in [-0.1, -0.05) is 6.07 Å². The summed E-state index contributed by atoms with van der Waals surface area (Å²) in [7, 11) is -3.97. The number of hydrogen-bond acceptors (Lipinski definition) is 4. The SMILES string of the molecule is O=S(=O)(NCCn1nc(C(F)(F)F)c2c1CCOC2)c1cccc(F)c1. The van der Waals surface area contributed by atoms with E-state index in [9.17, 15) is 26.0 Å². The molecule has 0 saturated carbocycles. The zero-order valence-electron chi connectivity index (χ0n) is 13.4. The van der Waals surface area contributed by atoms with Gasteiger partial charge in [0.15, 0.2) is 5.69 Å². The summed E-state index contributed by atoms with van der Waals surface area (Å²) in [5.41, 5.74) is -0.648. The molecule has 2 heterocycles. The molecule has 1 aromatic carbocycles. The van der Waals surface area contributed by atoms with E-state index in [0.29, 0.717) is 5.69 Å². The van der Waals surface area contributed by atoms with Gasteiger partial charge in [-0.25, -0.2) is 17.5 Å². The van der Waals surface area contributed by atoms with Gasteiger partial charge in [0.25, 0.3) is 0 Å². The van der Waals surface area contributed by atoms with Crippen molar-refractivity contribution in [3.63, 3.8) is 0 Å². The number of halogens is 4. The molecule has 26 heavy (non-hydrogen) atoms. The Bertz CT molecular complexity index is 909. The molecule has 1 aliphatic rings. The third-order valence-electron chi connectivity index (χ3n) is 3.89. The van der Waals surface area contributed by atoms with Gasteiger partial charge in [0.2, 0.25) is 10.0 Å². The number of rotatable bonds is 5. The lowest BCUT2D eigenvalue weighted by atomic mass is 10.1. The average Bonchev–Trinajstić information content (AvgIpc) is 2.94. The molecule has 0 radical (unpaired) electrons. The minimum absolute atomic E-state index is 0.0169. The van der Waals surface area contributed by atoms with Crippen molar-refractivity contribution in [3.8, 4) is 0 Å². The van der Waals surface area contributed by atoms with Gasteiger partial charge < -0.3 is 4.74 Å². The summed E-state index contributed by atoms with van der Waals surface area (Å²) < 4.78 is 85.1. The summed E-state index contributed by atoms with van der Waals surface area (Å²) in [5, 5.41) is 3.59. The summed E-state index contributed by atoms with van der Waals surface area (Å²) in [4.78, 5) is -0.260. The molecule has 0 saturated heterocycles. The van der Waals surface area contributed by atoms with E-state index in [0.717, 1.165) is 16.8 Å². The van der Waals surface area contributed by atoms with Crippen molar-refractivity contribution in [3.05, 3.63) is 47.0 Å². The molecule has 6 nitrogen and oxygen atoms in total. The van der Waals surface area contributed by atoms with Crippen LogP contribution in [-0.2, 0) is 40.5 Å². The number of hydrogen-bond donors (Lipinski definition) is 1. The highest BCUT2D eigenvalue weighted by atomic mass is 32.2. The average molecular weight is 393 g/mol. The molecular weight excluding hydrogens is 378 g/mol. The van der Waals surface area contributed by atoms with Crippen molar-refractivity contribution < 1.29 is 30.7 Å². The standard InChI is InChI=1S/C15H15F4N3O3S/c16-10-2-1-3-11(8-10)26(23,24)20-5-6-22-13-4-7-25-9-12(13)14(21-22)15(17,18)19/h1-3,8,20H,4-7,9H2. The van der Waals surface area contributed by atoms with Crippen LogP contribution in [-0.4, -0.2) is 31.3 Å². The van der Waals surface area contributed by atoms with Gasteiger partial charge in [-0.05, 0) is 18.2 Å². The minimum Gasteiger partial charge on any atom is -0.376 e. The number of nitrogens with zero attached hydrogens (tertiary/aromatic N) is 2. The molecule has 0 amide bonds. The van der Waals surface area contributed by atoms with Crippen molar-refractivity contribution in [2.24, 2.45) is 0 Å². The minimum atomic E-state index is -4.61. The first-order valence-electron chi connectivity index (χ1n) is 7.67. The Kier molecular flexibility index (Phi) is 5.04. The van der Waals surface area contributed by atoms with Crippen LogP contribution in [0.5, 0.6) is 0 Å². The maximum atomic E-state index is 13.2. The van der Waals surface area contributed by atoms with E-state index in [-0.39, 0.29) is 43.2 Å².